The normalized spacial score (nSPS) is 13.5. The summed E-state index contributed by atoms with van der Waals surface area (Å²) in [5, 5.41) is 5.92. The van der Waals surface area contributed by atoms with Crippen molar-refractivity contribution in [2.75, 3.05) is 0 Å². The molecule has 2 aromatic rings. The monoisotopic (exact) mass is 297 g/mol. The zero-order chi connectivity index (χ0) is 16.3. The number of fused-ring (bicyclic) bond motifs is 1. The van der Waals surface area contributed by atoms with E-state index in [1.807, 2.05) is 20.8 Å². The fraction of sp³-hybridized carbons (Fsp3) is 0.450. The number of carbonyl (C=O) groups excluding carboxylic acids is 1. The van der Waals surface area contributed by atoms with Crippen LogP contribution in [0.1, 0.15) is 40.2 Å². The summed E-state index contributed by atoms with van der Waals surface area (Å²) >= 11 is 0. The van der Waals surface area contributed by atoms with Gasteiger partial charge in [0.15, 0.2) is 5.78 Å². The number of hydrogen-bond donors (Lipinski definition) is 1. The van der Waals surface area contributed by atoms with E-state index in [4.69, 9.17) is 0 Å². The fourth-order valence-electron chi connectivity index (χ4n) is 2.84. The van der Waals surface area contributed by atoms with Crippen molar-refractivity contribution >= 4 is 16.6 Å². The summed E-state index contributed by atoms with van der Waals surface area (Å²) in [5.74, 6) is 0.272. The fourth-order valence-corrected chi connectivity index (χ4v) is 2.84. The van der Waals surface area contributed by atoms with Gasteiger partial charge in [0.1, 0.15) is 0 Å². The lowest BCUT2D eigenvalue weighted by Gasteiger charge is -2.27. The molecule has 1 atom stereocenters. The van der Waals surface area contributed by atoms with E-state index in [1.165, 1.54) is 16.3 Å². The van der Waals surface area contributed by atoms with Gasteiger partial charge in [-0.2, -0.15) is 0 Å². The molecule has 0 aliphatic rings. The zero-order valence-electron chi connectivity index (χ0n) is 14.3. The topological polar surface area (TPSA) is 29.1 Å². The van der Waals surface area contributed by atoms with Crippen LogP contribution < -0.4 is 5.32 Å². The first-order chi connectivity index (χ1) is 10.3. The second-order valence-corrected chi connectivity index (χ2v) is 7.33. The summed E-state index contributed by atoms with van der Waals surface area (Å²) in [6.45, 7) is 10.2. The molecular formula is C20H27NO. The second-order valence-electron chi connectivity index (χ2n) is 7.33. The van der Waals surface area contributed by atoms with Crippen LogP contribution in [0.5, 0.6) is 0 Å². The molecule has 0 aliphatic carbocycles. The highest BCUT2D eigenvalue weighted by molar-refractivity contribution is 5.91. The molecule has 0 radical (unpaired) electrons. The smallest absolute Gasteiger partial charge is 0.155 e. The molecule has 0 fully saturated rings. The maximum Gasteiger partial charge on any atom is 0.155 e. The first-order valence-corrected chi connectivity index (χ1v) is 8.06. The van der Waals surface area contributed by atoms with E-state index in [0.29, 0.717) is 0 Å². The molecule has 2 aromatic carbocycles. The average Bonchev–Trinajstić information content (AvgIpc) is 2.44. The van der Waals surface area contributed by atoms with E-state index in [0.717, 1.165) is 6.42 Å². The van der Waals surface area contributed by atoms with Crippen molar-refractivity contribution in [3.05, 3.63) is 48.0 Å². The zero-order valence-corrected chi connectivity index (χ0v) is 14.3. The Labute approximate surface area is 133 Å². The van der Waals surface area contributed by atoms with Crippen molar-refractivity contribution in [3.63, 3.8) is 0 Å². The average molecular weight is 297 g/mol. The van der Waals surface area contributed by atoms with Gasteiger partial charge in [0.05, 0.1) is 6.04 Å². The van der Waals surface area contributed by atoms with Gasteiger partial charge in [-0.15, -0.1) is 0 Å². The SMILES string of the molecule is CC(C)NC(Cc1cccc2ccccc12)C(=O)C(C)(C)C. The number of hydrogen-bond acceptors (Lipinski definition) is 2. The molecule has 118 valence electrons. The molecule has 0 bridgehead atoms. The predicted molar refractivity (Wildman–Crippen MR) is 94.2 cm³/mol. The Bertz CT molecular complexity index is 647. The van der Waals surface area contributed by atoms with Crippen molar-refractivity contribution in [1.29, 1.82) is 0 Å². The first kappa shape index (κ1) is 16.7. The highest BCUT2D eigenvalue weighted by atomic mass is 16.1. The third-order valence-electron chi connectivity index (χ3n) is 3.89. The molecular weight excluding hydrogens is 270 g/mol. The third-order valence-corrected chi connectivity index (χ3v) is 3.89. The summed E-state index contributed by atoms with van der Waals surface area (Å²) in [7, 11) is 0. The molecule has 0 saturated carbocycles. The van der Waals surface area contributed by atoms with Crippen LogP contribution in [0.25, 0.3) is 10.8 Å². The molecule has 0 saturated heterocycles. The second kappa shape index (κ2) is 6.62. The predicted octanol–water partition coefficient (Wildman–Crippen LogP) is 4.36. The molecule has 1 unspecified atom stereocenters. The third kappa shape index (κ3) is 3.95. The summed E-state index contributed by atoms with van der Waals surface area (Å²) in [6.07, 6.45) is 0.732. The standard InChI is InChI=1S/C20H27NO/c1-14(2)21-18(19(22)20(3,4)5)13-16-11-8-10-15-9-6-7-12-17(15)16/h6-12,14,18,21H,13H2,1-5H3. The lowest BCUT2D eigenvalue weighted by molar-refractivity contribution is -0.128. The van der Waals surface area contributed by atoms with E-state index in [1.54, 1.807) is 0 Å². The summed E-state index contributed by atoms with van der Waals surface area (Å²) in [5.41, 5.74) is 0.894. The molecule has 1 N–H and O–H groups in total. The van der Waals surface area contributed by atoms with Crippen LogP contribution in [0.3, 0.4) is 0 Å². The van der Waals surface area contributed by atoms with Crippen LogP contribution in [0.4, 0.5) is 0 Å². The summed E-state index contributed by atoms with van der Waals surface area (Å²) in [4.78, 5) is 12.8. The van der Waals surface area contributed by atoms with Crippen LogP contribution in [0.2, 0.25) is 0 Å². The maximum absolute atomic E-state index is 12.8. The number of nitrogens with one attached hydrogen (secondary N) is 1. The van der Waals surface area contributed by atoms with Crippen LogP contribution in [-0.2, 0) is 11.2 Å². The number of benzene rings is 2. The van der Waals surface area contributed by atoms with Gasteiger partial charge in [0.2, 0.25) is 0 Å². The van der Waals surface area contributed by atoms with Crippen molar-refractivity contribution in [3.8, 4) is 0 Å². The van der Waals surface area contributed by atoms with Crippen molar-refractivity contribution in [2.24, 2.45) is 5.41 Å². The number of Topliss-reactive ketones (excluding diaryl/α,β-unsaturated/α-hetero) is 1. The van der Waals surface area contributed by atoms with E-state index in [2.05, 4.69) is 61.6 Å². The molecule has 0 amide bonds. The molecule has 2 heteroatoms. The molecule has 0 aromatic heterocycles. The van der Waals surface area contributed by atoms with Crippen molar-refractivity contribution < 1.29 is 4.79 Å². The van der Waals surface area contributed by atoms with Gasteiger partial charge >= 0.3 is 0 Å². The number of ketones is 1. The Morgan fingerprint density at radius 1 is 1.05 bits per heavy atom. The maximum atomic E-state index is 12.8. The number of carbonyl (C=O) groups is 1. The van der Waals surface area contributed by atoms with Crippen LogP contribution in [-0.4, -0.2) is 17.9 Å². The highest BCUT2D eigenvalue weighted by Gasteiger charge is 2.30. The minimum Gasteiger partial charge on any atom is -0.305 e. The molecule has 22 heavy (non-hydrogen) atoms. The van der Waals surface area contributed by atoms with E-state index >= 15 is 0 Å². The molecule has 0 heterocycles. The quantitative estimate of drug-likeness (QED) is 0.888. The van der Waals surface area contributed by atoms with Crippen molar-refractivity contribution in [2.45, 2.75) is 53.1 Å². The molecule has 2 nitrogen and oxygen atoms in total. The van der Waals surface area contributed by atoms with Crippen LogP contribution in [0.15, 0.2) is 42.5 Å². The van der Waals surface area contributed by atoms with Gasteiger partial charge in [-0.3, -0.25) is 4.79 Å². The van der Waals surface area contributed by atoms with Crippen molar-refractivity contribution in [1.82, 2.24) is 5.32 Å². The Hall–Kier alpha value is -1.67. The van der Waals surface area contributed by atoms with Gasteiger partial charge in [-0.25, -0.2) is 0 Å². The Morgan fingerprint density at radius 2 is 1.68 bits per heavy atom. The highest BCUT2D eigenvalue weighted by Crippen LogP contribution is 2.23. The largest absolute Gasteiger partial charge is 0.305 e. The summed E-state index contributed by atoms with van der Waals surface area (Å²) < 4.78 is 0. The molecule has 0 aliphatic heterocycles. The first-order valence-electron chi connectivity index (χ1n) is 8.06. The minimum atomic E-state index is -0.336. The van der Waals surface area contributed by atoms with Gasteiger partial charge < -0.3 is 5.32 Å². The Kier molecular flexibility index (Phi) is 5.02. The van der Waals surface area contributed by atoms with Gasteiger partial charge in [-0.05, 0) is 22.8 Å². The number of rotatable bonds is 5. The van der Waals surface area contributed by atoms with E-state index in [-0.39, 0.29) is 23.3 Å². The van der Waals surface area contributed by atoms with Gasteiger partial charge in [0, 0.05) is 11.5 Å². The van der Waals surface area contributed by atoms with E-state index < -0.39 is 0 Å². The van der Waals surface area contributed by atoms with Crippen LogP contribution >= 0.6 is 0 Å². The van der Waals surface area contributed by atoms with E-state index in [9.17, 15) is 4.79 Å². The minimum absolute atomic E-state index is 0.147. The Morgan fingerprint density at radius 3 is 2.32 bits per heavy atom. The van der Waals surface area contributed by atoms with Gasteiger partial charge in [0.25, 0.3) is 0 Å². The molecule has 0 spiro atoms. The lowest BCUT2D eigenvalue weighted by Crippen LogP contribution is -2.47. The lowest BCUT2D eigenvalue weighted by atomic mass is 9.83. The summed E-state index contributed by atoms with van der Waals surface area (Å²) in [6, 6.07) is 14.8. The van der Waals surface area contributed by atoms with Crippen LogP contribution in [0, 0.1) is 5.41 Å². The Balaban J connectivity index is 2.35. The molecule has 2 rings (SSSR count). The van der Waals surface area contributed by atoms with Gasteiger partial charge in [-0.1, -0.05) is 77.1 Å².